The number of hydrogen-bond acceptors (Lipinski definition) is 3. The second-order valence-electron chi connectivity index (χ2n) is 5.79. The molecule has 0 spiro atoms. The molecule has 2 rings (SSSR count). The third-order valence-electron chi connectivity index (χ3n) is 4.07. The summed E-state index contributed by atoms with van der Waals surface area (Å²) in [5.74, 6) is 0.135. The van der Waals surface area contributed by atoms with Crippen molar-refractivity contribution in [1.82, 2.24) is 10.2 Å². The molecule has 18 heavy (non-hydrogen) atoms. The highest BCUT2D eigenvalue weighted by Crippen LogP contribution is 2.17. The zero-order valence-corrected chi connectivity index (χ0v) is 11.2. The van der Waals surface area contributed by atoms with Crippen molar-refractivity contribution in [1.29, 1.82) is 0 Å². The van der Waals surface area contributed by atoms with Gasteiger partial charge in [0, 0.05) is 12.6 Å². The smallest absolute Gasteiger partial charge is 0.234 e. The number of carbonyl (C=O) groups is 1. The first-order valence-electron chi connectivity index (χ1n) is 7.44. The maximum absolute atomic E-state index is 12.0. The average molecular weight is 254 g/mol. The van der Waals surface area contributed by atoms with E-state index in [4.69, 9.17) is 0 Å². The van der Waals surface area contributed by atoms with Gasteiger partial charge in [-0.3, -0.25) is 9.69 Å². The van der Waals surface area contributed by atoms with Crippen molar-refractivity contribution < 1.29 is 9.90 Å². The molecule has 0 aromatic rings. The topological polar surface area (TPSA) is 52.6 Å². The molecule has 2 N–H and O–H groups in total. The number of carbonyl (C=O) groups excluding carboxylic acids is 1. The summed E-state index contributed by atoms with van der Waals surface area (Å²) in [6.07, 6.45) is 9.00. The van der Waals surface area contributed by atoms with Crippen LogP contribution in [0.4, 0.5) is 0 Å². The number of likely N-dealkylation sites (tertiary alicyclic amines) is 1. The minimum atomic E-state index is -0.246. The van der Waals surface area contributed by atoms with E-state index in [-0.39, 0.29) is 12.0 Å². The number of aliphatic hydroxyl groups is 1. The molecule has 2 fully saturated rings. The van der Waals surface area contributed by atoms with Gasteiger partial charge < -0.3 is 10.4 Å². The van der Waals surface area contributed by atoms with Gasteiger partial charge in [0.2, 0.25) is 5.91 Å². The number of aliphatic hydroxyl groups excluding tert-OH is 1. The van der Waals surface area contributed by atoms with E-state index >= 15 is 0 Å². The molecule has 104 valence electrons. The van der Waals surface area contributed by atoms with E-state index in [1.807, 2.05) is 0 Å². The fourth-order valence-electron chi connectivity index (χ4n) is 3.07. The molecule has 4 heteroatoms. The summed E-state index contributed by atoms with van der Waals surface area (Å²) in [5, 5.41) is 12.7. The third-order valence-corrected chi connectivity index (χ3v) is 4.07. The van der Waals surface area contributed by atoms with Crippen molar-refractivity contribution in [2.75, 3.05) is 19.6 Å². The number of piperidine rings is 1. The van der Waals surface area contributed by atoms with Gasteiger partial charge in [0.25, 0.3) is 0 Å². The lowest BCUT2D eigenvalue weighted by Crippen LogP contribution is -2.46. The number of nitrogens with zero attached hydrogens (tertiary/aromatic N) is 1. The van der Waals surface area contributed by atoms with Crippen molar-refractivity contribution in [3.8, 4) is 0 Å². The molecule has 1 amide bonds. The number of nitrogens with one attached hydrogen (secondary N) is 1. The van der Waals surface area contributed by atoms with Gasteiger partial charge in [0.05, 0.1) is 12.6 Å². The van der Waals surface area contributed by atoms with Gasteiger partial charge in [-0.2, -0.15) is 0 Å². The third kappa shape index (κ3) is 4.58. The predicted molar refractivity (Wildman–Crippen MR) is 71.3 cm³/mol. The second kappa shape index (κ2) is 7.10. The lowest BCUT2D eigenvalue weighted by molar-refractivity contribution is -0.123. The van der Waals surface area contributed by atoms with E-state index in [1.165, 1.54) is 25.7 Å². The van der Waals surface area contributed by atoms with Crippen LogP contribution in [0.5, 0.6) is 0 Å². The van der Waals surface area contributed by atoms with Gasteiger partial charge >= 0.3 is 0 Å². The van der Waals surface area contributed by atoms with Crippen LogP contribution in [0.15, 0.2) is 0 Å². The van der Waals surface area contributed by atoms with Gasteiger partial charge in [-0.25, -0.2) is 0 Å². The molecule has 1 saturated carbocycles. The Morgan fingerprint density at radius 2 is 1.83 bits per heavy atom. The fraction of sp³-hybridized carbons (Fsp3) is 0.929. The molecule has 1 saturated heterocycles. The Bertz CT molecular complexity index is 257. The van der Waals surface area contributed by atoms with E-state index in [0.29, 0.717) is 19.1 Å². The molecular weight excluding hydrogens is 228 g/mol. The molecule has 1 aliphatic heterocycles. The zero-order valence-electron chi connectivity index (χ0n) is 11.2. The summed E-state index contributed by atoms with van der Waals surface area (Å²) in [5.41, 5.74) is 0. The van der Waals surface area contributed by atoms with Crippen LogP contribution in [0.3, 0.4) is 0 Å². The second-order valence-corrected chi connectivity index (χ2v) is 5.79. The summed E-state index contributed by atoms with van der Waals surface area (Å²) in [6, 6.07) is 0.384. The van der Waals surface area contributed by atoms with Crippen molar-refractivity contribution in [2.24, 2.45) is 0 Å². The van der Waals surface area contributed by atoms with Gasteiger partial charge in [-0.15, -0.1) is 0 Å². The molecule has 0 radical (unpaired) electrons. The summed E-state index contributed by atoms with van der Waals surface area (Å²) in [7, 11) is 0. The first kappa shape index (κ1) is 13.8. The number of amides is 1. The molecule has 0 aromatic heterocycles. The van der Waals surface area contributed by atoms with E-state index in [9.17, 15) is 9.90 Å². The minimum absolute atomic E-state index is 0.135. The maximum atomic E-state index is 12.0. The van der Waals surface area contributed by atoms with Crippen LogP contribution in [-0.4, -0.2) is 47.7 Å². The Labute approximate surface area is 110 Å². The van der Waals surface area contributed by atoms with E-state index in [2.05, 4.69) is 10.2 Å². The summed E-state index contributed by atoms with van der Waals surface area (Å²) in [6.45, 7) is 2.04. The fourth-order valence-corrected chi connectivity index (χ4v) is 3.07. The molecule has 4 nitrogen and oxygen atoms in total. The van der Waals surface area contributed by atoms with Crippen molar-refractivity contribution in [3.05, 3.63) is 0 Å². The number of hydrogen-bond donors (Lipinski definition) is 2. The molecule has 2 aliphatic rings. The molecular formula is C14H26N2O2. The Balaban J connectivity index is 1.70. The number of β-amino-alcohol motifs (C(OH)–C–C–N with tert-alkyl or cyclic N) is 1. The monoisotopic (exact) mass is 254 g/mol. The molecule has 1 atom stereocenters. The highest BCUT2D eigenvalue weighted by atomic mass is 16.3. The maximum Gasteiger partial charge on any atom is 0.234 e. The summed E-state index contributed by atoms with van der Waals surface area (Å²) in [4.78, 5) is 14.0. The van der Waals surface area contributed by atoms with Crippen LogP contribution in [0.2, 0.25) is 0 Å². The van der Waals surface area contributed by atoms with Crippen LogP contribution in [0.1, 0.15) is 51.4 Å². The van der Waals surface area contributed by atoms with E-state index in [1.54, 1.807) is 0 Å². The van der Waals surface area contributed by atoms with Gasteiger partial charge in [0.15, 0.2) is 0 Å². The largest absolute Gasteiger partial charge is 0.392 e. The highest BCUT2D eigenvalue weighted by molar-refractivity contribution is 5.78. The van der Waals surface area contributed by atoms with Crippen LogP contribution >= 0.6 is 0 Å². The Hall–Kier alpha value is -0.610. The molecule has 1 heterocycles. The normalized spacial score (nSPS) is 27.7. The van der Waals surface area contributed by atoms with Crippen LogP contribution in [0, 0.1) is 0 Å². The van der Waals surface area contributed by atoms with Crippen LogP contribution in [-0.2, 0) is 4.79 Å². The lowest BCUT2D eigenvalue weighted by Gasteiger charge is -2.29. The van der Waals surface area contributed by atoms with Crippen LogP contribution < -0.4 is 5.32 Å². The molecule has 0 unspecified atom stereocenters. The Morgan fingerprint density at radius 3 is 2.50 bits per heavy atom. The summed E-state index contributed by atoms with van der Waals surface area (Å²) >= 11 is 0. The number of rotatable bonds is 3. The first-order chi connectivity index (χ1) is 8.74. The van der Waals surface area contributed by atoms with E-state index < -0.39 is 0 Å². The lowest BCUT2D eigenvalue weighted by atomic mass is 10.1. The Morgan fingerprint density at radius 1 is 1.11 bits per heavy atom. The van der Waals surface area contributed by atoms with Gasteiger partial charge in [-0.05, 0) is 32.2 Å². The van der Waals surface area contributed by atoms with Crippen molar-refractivity contribution >= 4 is 5.91 Å². The SMILES string of the molecule is O=C(CN1CCC[C@H](O)C1)NC1CCCCCC1. The molecule has 1 aliphatic carbocycles. The average Bonchev–Trinajstić information content (AvgIpc) is 2.57. The quantitative estimate of drug-likeness (QED) is 0.746. The zero-order chi connectivity index (χ0) is 12.8. The Kier molecular flexibility index (Phi) is 5.45. The van der Waals surface area contributed by atoms with Gasteiger partial charge in [0.1, 0.15) is 0 Å². The van der Waals surface area contributed by atoms with Crippen molar-refractivity contribution in [2.45, 2.75) is 63.5 Å². The molecule has 0 bridgehead atoms. The van der Waals surface area contributed by atoms with Crippen LogP contribution in [0.25, 0.3) is 0 Å². The summed E-state index contributed by atoms with van der Waals surface area (Å²) < 4.78 is 0. The van der Waals surface area contributed by atoms with Crippen molar-refractivity contribution in [3.63, 3.8) is 0 Å². The highest BCUT2D eigenvalue weighted by Gasteiger charge is 2.21. The van der Waals surface area contributed by atoms with E-state index in [0.717, 1.165) is 32.2 Å². The predicted octanol–water partition coefficient (Wildman–Crippen LogP) is 1.28. The standard InChI is InChI=1S/C14H26N2O2/c17-13-8-5-9-16(10-13)11-14(18)15-12-6-3-1-2-4-7-12/h12-13,17H,1-11H2,(H,15,18)/t13-/m0/s1. The first-order valence-corrected chi connectivity index (χ1v) is 7.44. The molecule has 0 aromatic carbocycles. The van der Waals surface area contributed by atoms with Gasteiger partial charge in [-0.1, -0.05) is 25.7 Å². The minimum Gasteiger partial charge on any atom is -0.392 e.